The van der Waals surface area contributed by atoms with E-state index in [1.807, 2.05) is 12.1 Å². The van der Waals surface area contributed by atoms with Crippen LogP contribution in [0.5, 0.6) is 0 Å². The van der Waals surface area contributed by atoms with E-state index in [4.69, 9.17) is 4.98 Å². The first-order valence-corrected chi connectivity index (χ1v) is 13.2. The number of hydrogen-bond donors (Lipinski definition) is 3. The van der Waals surface area contributed by atoms with Crippen LogP contribution in [-0.4, -0.2) is 74.2 Å². The molecule has 4 aromatic heterocycles. The summed E-state index contributed by atoms with van der Waals surface area (Å²) in [5.41, 5.74) is 6.92. The number of rotatable bonds is 5. The van der Waals surface area contributed by atoms with Gasteiger partial charge in [-0.05, 0) is 44.2 Å². The summed E-state index contributed by atoms with van der Waals surface area (Å²) in [5, 5.41) is 11.6. The highest BCUT2D eigenvalue weighted by Crippen LogP contribution is 2.33. The lowest BCUT2D eigenvalue weighted by atomic mass is 9.85. The maximum atomic E-state index is 12.4. The Hall–Kier alpha value is -4.31. The number of piperazine rings is 1. The predicted octanol–water partition coefficient (Wildman–Crippen LogP) is 4.05. The molecule has 0 bridgehead atoms. The van der Waals surface area contributed by atoms with Crippen LogP contribution in [0, 0.1) is 5.92 Å². The number of carbonyl (C=O) groups excluding carboxylic acids is 1. The zero-order valence-corrected chi connectivity index (χ0v) is 21.2. The summed E-state index contributed by atoms with van der Waals surface area (Å²) in [6.45, 7) is 4.03. The quantitative estimate of drug-likeness (QED) is 0.328. The molecule has 2 aliphatic rings. The molecular weight excluding hydrogens is 478 g/mol. The smallest absolute Gasteiger partial charge is 0.227 e. The van der Waals surface area contributed by atoms with Crippen LogP contribution in [0.3, 0.4) is 0 Å². The van der Waals surface area contributed by atoms with E-state index in [2.05, 4.69) is 65.5 Å². The van der Waals surface area contributed by atoms with Crippen LogP contribution in [-0.2, 0) is 4.79 Å². The minimum atomic E-state index is 0.0663. The average Bonchev–Trinajstić information content (AvgIpc) is 3.52. The molecule has 192 valence electrons. The number of imidazole rings is 1. The van der Waals surface area contributed by atoms with Gasteiger partial charge in [-0.15, -0.1) is 0 Å². The van der Waals surface area contributed by atoms with E-state index in [1.165, 1.54) is 0 Å². The largest absolute Gasteiger partial charge is 0.367 e. The van der Waals surface area contributed by atoms with Crippen molar-refractivity contribution in [2.45, 2.75) is 19.3 Å². The van der Waals surface area contributed by atoms with Gasteiger partial charge in [-0.25, -0.2) is 4.98 Å². The summed E-state index contributed by atoms with van der Waals surface area (Å²) in [5.74, 6) is 0.892. The molecule has 38 heavy (non-hydrogen) atoms. The Kier molecular flexibility index (Phi) is 5.54. The molecule has 1 amide bonds. The van der Waals surface area contributed by atoms with Crippen molar-refractivity contribution in [3.05, 3.63) is 48.9 Å². The Morgan fingerprint density at radius 3 is 2.74 bits per heavy atom. The van der Waals surface area contributed by atoms with Crippen molar-refractivity contribution >= 4 is 39.2 Å². The van der Waals surface area contributed by atoms with Gasteiger partial charge in [0.05, 0.1) is 40.5 Å². The zero-order chi connectivity index (χ0) is 25.6. The van der Waals surface area contributed by atoms with Crippen LogP contribution in [0.1, 0.15) is 19.3 Å². The Balaban J connectivity index is 1.22. The fourth-order valence-electron chi connectivity index (χ4n) is 5.25. The van der Waals surface area contributed by atoms with Gasteiger partial charge >= 0.3 is 0 Å². The van der Waals surface area contributed by atoms with E-state index < -0.39 is 0 Å². The van der Waals surface area contributed by atoms with Crippen LogP contribution < -0.4 is 10.2 Å². The van der Waals surface area contributed by atoms with Crippen molar-refractivity contribution in [1.82, 2.24) is 35.0 Å². The number of para-hydroxylation sites is 1. The summed E-state index contributed by atoms with van der Waals surface area (Å²) < 4.78 is 0. The van der Waals surface area contributed by atoms with Gasteiger partial charge in [0, 0.05) is 49.2 Å². The molecule has 7 rings (SSSR count). The van der Waals surface area contributed by atoms with Crippen LogP contribution in [0.15, 0.2) is 48.9 Å². The van der Waals surface area contributed by atoms with E-state index in [9.17, 15) is 4.79 Å². The van der Waals surface area contributed by atoms with Crippen molar-refractivity contribution in [1.29, 1.82) is 0 Å². The first-order chi connectivity index (χ1) is 18.6. The minimum Gasteiger partial charge on any atom is -0.367 e. The van der Waals surface area contributed by atoms with Crippen molar-refractivity contribution in [3.63, 3.8) is 0 Å². The van der Waals surface area contributed by atoms with Gasteiger partial charge in [-0.1, -0.05) is 12.5 Å². The van der Waals surface area contributed by atoms with Crippen LogP contribution in [0.25, 0.3) is 44.7 Å². The van der Waals surface area contributed by atoms with Crippen LogP contribution in [0.2, 0.25) is 0 Å². The molecule has 1 aliphatic heterocycles. The van der Waals surface area contributed by atoms with Crippen LogP contribution in [0.4, 0.5) is 11.4 Å². The number of aromatic nitrogens is 6. The van der Waals surface area contributed by atoms with Crippen molar-refractivity contribution in [2.75, 3.05) is 43.4 Å². The summed E-state index contributed by atoms with van der Waals surface area (Å²) >= 11 is 0. The monoisotopic (exact) mass is 507 g/mol. The molecule has 0 radical (unpaired) electrons. The van der Waals surface area contributed by atoms with Gasteiger partial charge in [-0.2, -0.15) is 5.10 Å². The Morgan fingerprint density at radius 2 is 1.92 bits per heavy atom. The molecule has 1 saturated carbocycles. The minimum absolute atomic E-state index is 0.0663. The lowest BCUT2D eigenvalue weighted by Gasteiger charge is -2.34. The first kappa shape index (κ1) is 22.9. The molecular formula is C28H29N9O. The molecule has 1 saturated heterocycles. The van der Waals surface area contributed by atoms with Crippen LogP contribution >= 0.6 is 0 Å². The lowest BCUT2D eigenvalue weighted by Crippen LogP contribution is -2.44. The number of nitrogens with zero attached hydrogens (tertiary/aromatic N) is 6. The number of aromatic amines is 2. The second-order valence-corrected chi connectivity index (χ2v) is 10.3. The molecule has 5 aromatic rings. The van der Waals surface area contributed by atoms with E-state index in [0.717, 1.165) is 90.0 Å². The second kappa shape index (κ2) is 9.21. The number of hydrogen-bond acceptors (Lipinski definition) is 7. The number of benzene rings is 1. The molecule has 5 heterocycles. The Morgan fingerprint density at radius 1 is 1.05 bits per heavy atom. The SMILES string of the molecule is CN1CCN(c2cccc3[nH]c(-c4n[nH]c5cnc(-c6cncc(NC(=O)C7CCC7)c6)cc45)nc23)CC1. The molecule has 10 heteroatoms. The first-order valence-electron chi connectivity index (χ1n) is 13.2. The molecule has 0 spiro atoms. The van der Waals surface area contributed by atoms with E-state index >= 15 is 0 Å². The fourth-order valence-corrected chi connectivity index (χ4v) is 5.25. The zero-order valence-electron chi connectivity index (χ0n) is 21.2. The van der Waals surface area contributed by atoms with Crippen molar-refractivity contribution in [2.24, 2.45) is 5.92 Å². The molecule has 3 N–H and O–H groups in total. The molecule has 2 fully saturated rings. The van der Waals surface area contributed by atoms with E-state index in [-0.39, 0.29) is 11.8 Å². The number of nitrogens with one attached hydrogen (secondary N) is 3. The average molecular weight is 508 g/mol. The Bertz CT molecular complexity index is 1640. The topological polar surface area (TPSA) is 119 Å². The number of H-pyrrole nitrogens is 2. The second-order valence-electron chi connectivity index (χ2n) is 10.3. The number of anilines is 2. The molecule has 1 aliphatic carbocycles. The molecule has 0 unspecified atom stereocenters. The van der Waals surface area contributed by atoms with Gasteiger partial charge in [0.15, 0.2) is 5.82 Å². The number of pyridine rings is 2. The van der Waals surface area contributed by atoms with Gasteiger partial charge in [-0.3, -0.25) is 19.9 Å². The lowest BCUT2D eigenvalue weighted by molar-refractivity contribution is -0.122. The highest BCUT2D eigenvalue weighted by Gasteiger charge is 2.25. The predicted molar refractivity (Wildman–Crippen MR) is 148 cm³/mol. The third kappa shape index (κ3) is 4.06. The number of amides is 1. The summed E-state index contributed by atoms with van der Waals surface area (Å²) in [7, 11) is 2.16. The highest BCUT2D eigenvalue weighted by atomic mass is 16.1. The van der Waals surface area contributed by atoms with Gasteiger partial charge in [0.25, 0.3) is 0 Å². The standard InChI is InChI=1S/C28H29N9O/c1-36-8-10-37(11-9-36)24-7-3-6-21-26(24)33-27(32-21)25-20-13-22(30-16-23(20)34-35-25)18-12-19(15-29-14-18)31-28(38)17-4-2-5-17/h3,6-7,12-17H,2,4-5,8-11H2,1H3,(H,31,38)(H,32,33)(H,34,35). The van der Waals surface area contributed by atoms with E-state index in [1.54, 1.807) is 18.6 Å². The summed E-state index contributed by atoms with van der Waals surface area (Å²) in [6.07, 6.45) is 8.25. The molecule has 0 atom stereocenters. The number of likely N-dealkylation sites (N-methyl/N-ethyl adjacent to an activating group) is 1. The normalized spacial score (nSPS) is 16.7. The number of fused-ring (bicyclic) bond motifs is 2. The maximum absolute atomic E-state index is 12.4. The molecule has 1 aromatic carbocycles. The van der Waals surface area contributed by atoms with Gasteiger partial charge in [0.1, 0.15) is 11.2 Å². The Labute approximate surface area is 219 Å². The fraction of sp³-hybridized carbons (Fsp3) is 0.321. The van der Waals surface area contributed by atoms with Gasteiger partial charge in [0.2, 0.25) is 5.91 Å². The number of carbonyl (C=O) groups is 1. The van der Waals surface area contributed by atoms with Gasteiger partial charge < -0.3 is 20.1 Å². The summed E-state index contributed by atoms with van der Waals surface area (Å²) in [6, 6.07) is 10.2. The highest BCUT2D eigenvalue weighted by molar-refractivity contribution is 5.97. The third-order valence-corrected chi connectivity index (χ3v) is 7.78. The molecule has 10 nitrogen and oxygen atoms in total. The maximum Gasteiger partial charge on any atom is 0.227 e. The van der Waals surface area contributed by atoms with Crippen molar-refractivity contribution < 1.29 is 4.79 Å². The van der Waals surface area contributed by atoms with Crippen molar-refractivity contribution in [3.8, 4) is 22.8 Å². The van der Waals surface area contributed by atoms with E-state index in [0.29, 0.717) is 11.5 Å². The summed E-state index contributed by atoms with van der Waals surface area (Å²) in [4.78, 5) is 34.6. The third-order valence-electron chi connectivity index (χ3n) is 7.78.